The topological polar surface area (TPSA) is 194 Å². The average molecular weight is 720 g/mol. The number of likely N-dealkylation sites (N-methyl/N-ethyl adjacent to an activating group) is 1. The smallest absolute Gasteiger partial charge is 0.311 e. The number of methoxy groups -OCH3 is 1. The number of ketones is 1. The molecule has 0 amide bonds. The Morgan fingerprint density at radius 1 is 0.920 bits per heavy atom. The highest BCUT2D eigenvalue weighted by Gasteiger charge is 2.52. The lowest BCUT2D eigenvalue weighted by atomic mass is 9.77. The minimum Gasteiger partial charge on any atom is -0.459 e. The van der Waals surface area contributed by atoms with Crippen molar-refractivity contribution >= 4 is 11.8 Å². The summed E-state index contributed by atoms with van der Waals surface area (Å²) in [6.45, 7) is 17.3. The monoisotopic (exact) mass is 719 g/mol. The van der Waals surface area contributed by atoms with Crippen LogP contribution in [0.1, 0.15) is 94.9 Å². The number of carbonyl (C=O) groups excluding carboxylic acids is 2. The van der Waals surface area contributed by atoms with Crippen LogP contribution in [0.5, 0.6) is 0 Å². The van der Waals surface area contributed by atoms with Gasteiger partial charge in [-0.15, -0.1) is 0 Å². The summed E-state index contributed by atoms with van der Waals surface area (Å²) in [5.41, 5.74) is -4.52. The summed E-state index contributed by atoms with van der Waals surface area (Å²) in [7, 11) is 3.28. The first-order chi connectivity index (χ1) is 23.0. The van der Waals surface area contributed by atoms with Crippen molar-refractivity contribution in [1.29, 1.82) is 0 Å². The molecule has 0 unspecified atom stereocenters. The van der Waals surface area contributed by atoms with Crippen LogP contribution in [0, 0.1) is 17.8 Å². The fraction of sp³-hybridized carbons (Fsp3) is 0.944. The van der Waals surface area contributed by atoms with Gasteiger partial charge in [0.2, 0.25) is 0 Å². The lowest BCUT2D eigenvalue weighted by Gasteiger charge is -2.48. The maximum Gasteiger partial charge on any atom is 0.311 e. The molecule has 14 nitrogen and oxygen atoms in total. The molecule has 5 N–H and O–H groups in total. The van der Waals surface area contributed by atoms with E-state index < -0.39 is 108 Å². The lowest BCUT2D eigenvalue weighted by Crippen LogP contribution is -2.59. The maximum absolute atomic E-state index is 14.1. The SMILES string of the molecule is CC[C@@H]1OC(=O)[C@H](C)[C@H](O[C@@H]2C[C@](C)(OC)[C@H](O)[C@H](C)O2)[C@@H](C)[C@H](O[C@@H]2O[C@H](C)CC(=O)[C@@H]2O)[C@](C)(O)C[C@H](C)CN(C)[C@H](C)[C@@H](O)[C@@]1(C)O. The van der Waals surface area contributed by atoms with Gasteiger partial charge in [-0.25, -0.2) is 0 Å². The Bertz CT molecular complexity index is 1140. The first kappa shape index (κ1) is 43.1. The van der Waals surface area contributed by atoms with E-state index >= 15 is 0 Å². The molecule has 3 heterocycles. The molecule has 3 saturated heterocycles. The summed E-state index contributed by atoms with van der Waals surface area (Å²) in [5.74, 6) is -3.28. The lowest BCUT2D eigenvalue weighted by molar-refractivity contribution is -0.311. The molecule has 292 valence electrons. The number of rotatable bonds is 6. The number of hydrogen-bond donors (Lipinski definition) is 5. The molecule has 3 rings (SSSR count). The minimum atomic E-state index is -1.82. The second-order valence-electron chi connectivity index (χ2n) is 16.0. The van der Waals surface area contributed by atoms with E-state index in [2.05, 4.69) is 0 Å². The van der Waals surface area contributed by atoms with Crippen LogP contribution in [0.25, 0.3) is 0 Å². The minimum absolute atomic E-state index is 0.00332. The van der Waals surface area contributed by atoms with Crippen molar-refractivity contribution in [3.8, 4) is 0 Å². The van der Waals surface area contributed by atoms with Crippen LogP contribution in [0.4, 0.5) is 0 Å². The Morgan fingerprint density at radius 3 is 2.12 bits per heavy atom. The summed E-state index contributed by atoms with van der Waals surface area (Å²) in [6, 6.07) is -0.566. The number of ether oxygens (including phenoxy) is 6. The average Bonchev–Trinajstić information content (AvgIpc) is 3.03. The zero-order chi connectivity index (χ0) is 38.1. The molecule has 3 aliphatic rings. The third-order valence-electron chi connectivity index (χ3n) is 11.4. The van der Waals surface area contributed by atoms with Gasteiger partial charge in [-0.1, -0.05) is 20.8 Å². The van der Waals surface area contributed by atoms with E-state index in [-0.39, 0.29) is 31.6 Å². The Kier molecular flexibility index (Phi) is 14.5. The molecule has 14 heteroatoms. The fourth-order valence-electron chi connectivity index (χ4n) is 8.10. The van der Waals surface area contributed by atoms with E-state index in [0.29, 0.717) is 6.54 Å². The van der Waals surface area contributed by atoms with Crippen molar-refractivity contribution in [3.05, 3.63) is 0 Å². The van der Waals surface area contributed by atoms with Crippen molar-refractivity contribution in [2.24, 2.45) is 17.8 Å². The molecule has 17 atom stereocenters. The first-order valence-electron chi connectivity index (χ1n) is 18.1. The third kappa shape index (κ3) is 9.43. The summed E-state index contributed by atoms with van der Waals surface area (Å²) in [5, 5.41) is 57.1. The fourth-order valence-corrected chi connectivity index (χ4v) is 8.10. The summed E-state index contributed by atoms with van der Waals surface area (Å²) >= 11 is 0. The van der Waals surface area contributed by atoms with Crippen molar-refractivity contribution in [2.75, 3.05) is 20.7 Å². The van der Waals surface area contributed by atoms with E-state index in [1.54, 1.807) is 62.4 Å². The van der Waals surface area contributed by atoms with Gasteiger partial charge in [0.25, 0.3) is 0 Å². The van der Waals surface area contributed by atoms with E-state index in [9.17, 15) is 35.1 Å². The van der Waals surface area contributed by atoms with Gasteiger partial charge in [-0.3, -0.25) is 9.59 Å². The largest absolute Gasteiger partial charge is 0.459 e. The van der Waals surface area contributed by atoms with Crippen LogP contribution in [0.15, 0.2) is 0 Å². The van der Waals surface area contributed by atoms with Crippen molar-refractivity contribution in [3.63, 3.8) is 0 Å². The van der Waals surface area contributed by atoms with Crippen molar-refractivity contribution in [1.82, 2.24) is 4.90 Å². The highest BCUT2D eigenvalue weighted by Crippen LogP contribution is 2.39. The number of aliphatic hydroxyl groups excluding tert-OH is 3. The van der Waals surface area contributed by atoms with Gasteiger partial charge >= 0.3 is 5.97 Å². The molecule has 0 saturated carbocycles. The molecule has 0 bridgehead atoms. The second kappa shape index (κ2) is 16.8. The Labute approximate surface area is 297 Å². The highest BCUT2D eigenvalue weighted by atomic mass is 16.7. The van der Waals surface area contributed by atoms with Gasteiger partial charge in [0, 0.05) is 38.5 Å². The van der Waals surface area contributed by atoms with Gasteiger partial charge in [0.15, 0.2) is 24.5 Å². The van der Waals surface area contributed by atoms with E-state index in [1.165, 1.54) is 14.0 Å². The molecule has 3 fully saturated rings. The number of Topliss-reactive ketones (excluding diaryl/α,β-unsaturated/α-hetero) is 1. The van der Waals surface area contributed by atoms with Crippen molar-refractivity contribution < 1.29 is 63.5 Å². The van der Waals surface area contributed by atoms with Crippen LogP contribution < -0.4 is 0 Å². The van der Waals surface area contributed by atoms with Gasteiger partial charge in [-0.2, -0.15) is 0 Å². The van der Waals surface area contributed by atoms with E-state index in [1.807, 2.05) is 11.8 Å². The first-order valence-corrected chi connectivity index (χ1v) is 18.1. The normalized spacial score (nSPS) is 49.5. The molecule has 0 aromatic carbocycles. The molecular weight excluding hydrogens is 654 g/mol. The van der Waals surface area contributed by atoms with Crippen LogP contribution in [-0.2, 0) is 38.0 Å². The number of carbonyl (C=O) groups is 2. The van der Waals surface area contributed by atoms with Crippen LogP contribution >= 0.6 is 0 Å². The Hall–Kier alpha value is -1.30. The number of aliphatic hydroxyl groups is 5. The third-order valence-corrected chi connectivity index (χ3v) is 11.4. The quantitative estimate of drug-likeness (QED) is 0.248. The van der Waals surface area contributed by atoms with Gasteiger partial charge in [0.1, 0.15) is 23.9 Å². The maximum atomic E-state index is 14.1. The Balaban J connectivity index is 2.16. The zero-order valence-electron chi connectivity index (χ0n) is 32.1. The Morgan fingerprint density at radius 2 is 1.54 bits per heavy atom. The number of nitrogens with zero attached hydrogens (tertiary/aromatic N) is 1. The van der Waals surface area contributed by atoms with E-state index in [0.717, 1.165) is 0 Å². The molecule has 0 aliphatic carbocycles. The standard InChI is InChI=1S/C36H65NO13/c1-13-25-36(10,44)29(40)22(6)37(11)17-18(2)15-34(8,43)31(50-33-27(39)24(38)14-19(3)46-33)20(4)28(21(5)32(42)48-25)49-26-16-35(9,45-12)30(41)23(7)47-26/h18-23,25-31,33,39-41,43-44H,13-17H2,1-12H3/t18-,19+,20+,21+,22+,23-,25-,26+,27-,28+,29+,30+,31-,33-,34+,35-,36-/m0/s1. The molecule has 3 aliphatic heterocycles. The van der Waals surface area contributed by atoms with Crippen LogP contribution in [0.2, 0.25) is 0 Å². The molecule has 0 radical (unpaired) electrons. The van der Waals surface area contributed by atoms with Crippen molar-refractivity contribution in [2.45, 2.75) is 179 Å². The molecule has 0 aromatic rings. The predicted molar refractivity (Wildman–Crippen MR) is 182 cm³/mol. The highest BCUT2D eigenvalue weighted by molar-refractivity contribution is 5.84. The summed E-state index contributed by atoms with van der Waals surface area (Å²) in [6.07, 6.45) is -10.4. The summed E-state index contributed by atoms with van der Waals surface area (Å²) in [4.78, 5) is 28.6. The zero-order valence-corrected chi connectivity index (χ0v) is 32.1. The van der Waals surface area contributed by atoms with E-state index in [4.69, 9.17) is 28.4 Å². The molecule has 0 aromatic heterocycles. The number of cyclic esters (lactones) is 1. The van der Waals surface area contributed by atoms with Gasteiger partial charge in [0.05, 0.1) is 41.5 Å². The number of hydrogen-bond acceptors (Lipinski definition) is 14. The van der Waals surface area contributed by atoms with Crippen LogP contribution in [0.3, 0.4) is 0 Å². The van der Waals surface area contributed by atoms with Gasteiger partial charge < -0.3 is 58.9 Å². The van der Waals surface area contributed by atoms with Crippen LogP contribution in [-0.4, -0.2) is 147 Å². The number of esters is 1. The second-order valence-corrected chi connectivity index (χ2v) is 16.0. The molecule has 0 spiro atoms. The predicted octanol–water partition coefficient (Wildman–Crippen LogP) is 1.54. The molecular formula is C36H65NO13. The molecule has 50 heavy (non-hydrogen) atoms. The van der Waals surface area contributed by atoms with Gasteiger partial charge in [-0.05, 0) is 74.3 Å². The summed E-state index contributed by atoms with van der Waals surface area (Å²) < 4.78 is 36.6.